The topological polar surface area (TPSA) is 109 Å². The van der Waals surface area contributed by atoms with Crippen molar-refractivity contribution in [2.45, 2.75) is 31.7 Å². The van der Waals surface area contributed by atoms with Crippen molar-refractivity contribution in [1.82, 2.24) is 15.2 Å². The van der Waals surface area contributed by atoms with Gasteiger partial charge in [-0.05, 0) is 49.9 Å². The molecule has 4 N–H and O–H groups in total. The van der Waals surface area contributed by atoms with E-state index >= 15 is 0 Å². The number of nitrogens with two attached hydrogens (primary N) is 1. The van der Waals surface area contributed by atoms with E-state index in [4.69, 9.17) is 5.73 Å². The molecule has 8 heteroatoms. The van der Waals surface area contributed by atoms with Crippen LogP contribution in [0.25, 0.3) is 0 Å². The van der Waals surface area contributed by atoms with Crippen molar-refractivity contribution in [1.29, 1.82) is 0 Å². The zero-order valence-electron chi connectivity index (χ0n) is 13.9. The molecule has 1 aromatic heterocycles. The van der Waals surface area contributed by atoms with Crippen molar-refractivity contribution < 1.29 is 4.79 Å². The van der Waals surface area contributed by atoms with Crippen molar-refractivity contribution in [3.63, 3.8) is 0 Å². The van der Waals surface area contributed by atoms with Crippen LogP contribution in [-0.2, 0) is 0 Å². The third-order valence-corrected chi connectivity index (χ3v) is 4.43. The highest BCUT2D eigenvalue weighted by Crippen LogP contribution is 2.26. The molecular formula is C17H21N7O. The van der Waals surface area contributed by atoms with Gasteiger partial charge in [-0.1, -0.05) is 0 Å². The van der Waals surface area contributed by atoms with E-state index in [2.05, 4.69) is 42.8 Å². The predicted molar refractivity (Wildman–Crippen MR) is 96.2 cm³/mol. The summed E-state index contributed by atoms with van der Waals surface area (Å²) < 4.78 is 0. The summed E-state index contributed by atoms with van der Waals surface area (Å²) in [6.07, 6.45) is 4.62. The summed E-state index contributed by atoms with van der Waals surface area (Å²) in [6.45, 7) is 2.23. The van der Waals surface area contributed by atoms with Gasteiger partial charge in [-0.25, -0.2) is 0 Å². The van der Waals surface area contributed by atoms with E-state index in [9.17, 15) is 4.79 Å². The number of aromatic nitrogens is 3. The zero-order chi connectivity index (χ0) is 17.2. The summed E-state index contributed by atoms with van der Waals surface area (Å²) in [5.74, 6) is 0.0907. The molecule has 2 aliphatic rings. The van der Waals surface area contributed by atoms with Crippen LogP contribution in [0.1, 0.15) is 36.2 Å². The molecule has 2 aromatic rings. The van der Waals surface area contributed by atoms with Gasteiger partial charge in [-0.3, -0.25) is 4.79 Å². The number of hydrogen-bond acceptors (Lipinski definition) is 7. The fourth-order valence-corrected chi connectivity index (χ4v) is 2.93. The summed E-state index contributed by atoms with van der Waals surface area (Å²) in [5.41, 5.74) is 7.51. The van der Waals surface area contributed by atoms with Crippen LogP contribution in [0, 0.1) is 0 Å². The largest absolute Gasteiger partial charge is 0.372 e. The van der Waals surface area contributed by atoms with Gasteiger partial charge < -0.3 is 21.3 Å². The molecule has 2 fully saturated rings. The molecule has 4 rings (SSSR count). The minimum absolute atomic E-state index is 0.0711. The minimum Gasteiger partial charge on any atom is -0.372 e. The molecule has 1 aliphatic carbocycles. The van der Waals surface area contributed by atoms with Crippen LogP contribution in [0.15, 0.2) is 24.3 Å². The molecule has 0 atom stereocenters. The molecule has 0 bridgehead atoms. The molecule has 1 aromatic carbocycles. The number of benzene rings is 1. The third kappa shape index (κ3) is 3.62. The number of carbonyl (C=O) groups excluding carboxylic acids is 1. The maximum Gasteiger partial charge on any atom is 0.273 e. The van der Waals surface area contributed by atoms with Gasteiger partial charge in [0.1, 0.15) is 0 Å². The van der Waals surface area contributed by atoms with Gasteiger partial charge in [-0.2, -0.15) is 4.98 Å². The maximum atomic E-state index is 11.5. The Balaban J connectivity index is 1.50. The second-order valence-electron chi connectivity index (χ2n) is 6.48. The molecule has 1 amide bonds. The Hall–Kier alpha value is -2.90. The monoisotopic (exact) mass is 339 g/mol. The Labute approximate surface area is 145 Å². The summed E-state index contributed by atoms with van der Waals surface area (Å²) in [6, 6.07) is 8.49. The van der Waals surface area contributed by atoms with Crippen LogP contribution >= 0.6 is 0 Å². The molecule has 8 nitrogen and oxygen atoms in total. The van der Waals surface area contributed by atoms with Gasteiger partial charge in [0.05, 0.1) is 0 Å². The predicted octanol–water partition coefficient (Wildman–Crippen LogP) is 1.89. The molecule has 130 valence electrons. The van der Waals surface area contributed by atoms with Gasteiger partial charge in [0.2, 0.25) is 5.95 Å². The fraction of sp³-hybridized carbons (Fsp3) is 0.412. The normalized spacial score (nSPS) is 16.7. The Kier molecular flexibility index (Phi) is 4.09. The highest BCUT2D eigenvalue weighted by Gasteiger charge is 2.25. The second kappa shape index (κ2) is 6.54. The first-order chi connectivity index (χ1) is 12.2. The van der Waals surface area contributed by atoms with Crippen molar-refractivity contribution in [3.8, 4) is 0 Å². The number of anilines is 4. The van der Waals surface area contributed by atoms with Crippen LogP contribution in [-0.4, -0.2) is 40.2 Å². The number of carbonyl (C=O) groups is 1. The molecule has 1 aliphatic heterocycles. The lowest BCUT2D eigenvalue weighted by Crippen LogP contribution is -2.20. The van der Waals surface area contributed by atoms with Crippen LogP contribution < -0.4 is 21.3 Å². The van der Waals surface area contributed by atoms with Crippen molar-refractivity contribution in [2.75, 3.05) is 28.6 Å². The number of hydrogen-bond donors (Lipinski definition) is 3. The first-order valence-corrected chi connectivity index (χ1v) is 8.62. The van der Waals surface area contributed by atoms with Crippen molar-refractivity contribution >= 4 is 29.0 Å². The summed E-state index contributed by atoms with van der Waals surface area (Å²) in [5, 5.41) is 14.2. The Morgan fingerprint density at radius 1 is 1.12 bits per heavy atom. The quantitative estimate of drug-likeness (QED) is 0.737. The van der Waals surface area contributed by atoms with E-state index in [1.54, 1.807) is 0 Å². The number of amides is 1. The number of rotatable bonds is 6. The van der Waals surface area contributed by atoms with E-state index in [-0.39, 0.29) is 5.69 Å². The average Bonchev–Trinajstić information content (AvgIpc) is 3.25. The van der Waals surface area contributed by atoms with Gasteiger partial charge in [-0.15, -0.1) is 10.2 Å². The number of nitrogens with zero attached hydrogens (tertiary/aromatic N) is 4. The van der Waals surface area contributed by atoms with Crippen molar-refractivity contribution in [3.05, 3.63) is 30.0 Å². The smallest absolute Gasteiger partial charge is 0.273 e. The van der Waals surface area contributed by atoms with E-state index in [1.165, 1.54) is 18.5 Å². The maximum absolute atomic E-state index is 11.5. The van der Waals surface area contributed by atoms with Gasteiger partial charge in [0.25, 0.3) is 5.91 Å². The lowest BCUT2D eigenvalue weighted by atomic mass is 10.2. The van der Waals surface area contributed by atoms with Crippen LogP contribution in [0.3, 0.4) is 0 Å². The summed E-state index contributed by atoms with van der Waals surface area (Å²) >= 11 is 0. The molecular weight excluding hydrogens is 318 g/mol. The van der Waals surface area contributed by atoms with Crippen molar-refractivity contribution in [2.24, 2.45) is 5.73 Å². The van der Waals surface area contributed by atoms with E-state index < -0.39 is 5.91 Å². The lowest BCUT2D eigenvalue weighted by molar-refractivity contribution is 0.0995. The molecule has 1 saturated heterocycles. The standard InChI is InChI=1S/C17H21N7O/c18-15(25)14-16(19-11-3-4-11)21-17(23-22-14)20-12-5-7-13(8-6-12)24-9-1-2-10-24/h5-8,11H,1-4,9-10H2,(H2,18,25)(H2,19,20,21,23). The van der Waals surface area contributed by atoms with Crippen LogP contribution in [0.2, 0.25) is 0 Å². The Morgan fingerprint density at radius 3 is 2.48 bits per heavy atom. The third-order valence-electron chi connectivity index (χ3n) is 4.43. The van der Waals surface area contributed by atoms with Crippen LogP contribution in [0.5, 0.6) is 0 Å². The average molecular weight is 339 g/mol. The molecule has 0 unspecified atom stereocenters. The molecule has 25 heavy (non-hydrogen) atoms. The molecule has 0 radical (unpaired) electrons. The number of primary amides is 1. The fourth-order valence-electron chi connectivity index (χ4n) is 2.93. The van der Waals surface area contributed by atoms with Crippen LogP contribution in [0.4, 0.5) is 23.1 Å². The number of nitrogens with one attached hydrogen (secondary N) is 2. The Bertz CT molecular complexity index is 767. The van der Waals surface area contributed by atoms with Gasteiger partial charge >= 0.3 is 0 Å². The minimum atomic E-state index is -0.635. The lowest BCUT2D eigenvalue weighted by Gasteiger charge is -2.17. The summed E-state index contributed by atoms with van der Waals surface area (Å²) in [4.78, 5) is 18.2. The highest BCUT2D eigenvalue weighted by molar-refractivity contribution is 5.95. The van der Waals surface area contributed by atoms with Gasteiger partial charge in [0.15, 0.2) is 11.5 Å². The molecule has 2 heterocycles. The first kappa shape index (κ1) is 15.6. The first-order valence-electron chi connectivity index (χ1n) is 8.62. The van der Waals surface area contributed by atoms with E-state index in [1.807, 2.05) is 12.1 Å². The van der Waals surface area contributed by atoms with E-state index in [0.717, 1.165) is 31.6 Å². The highest BCUT2D eigenvalue weighted by atomic mass is 16.1. The molecule has 0 spiro atoms. The second-order valence-corrected chi connectivity index (χ2v) is 6.48. The summed E-state index contributed by atoms with van der Waals surface area (Å²) in [7, 11) is 0. The van der Waals surface area contributed by atoms with E-state index in [0.29, 0.717) is 17.8 Å². The molecule has 1 saturated carbocycles. The van der Waals surface area contributed by atoms with Gasteiger partial charge in [0, 0.05) is 30.5 Å². The zero-order valence-corrected chi connectivity index (χ0v) is 13.9. The SMILES string of the molecule is NC(=O)c1nnc(Nc2ccc(N3CCCC3)cc2)nc1NC1CC1. The Morgan fingerprint density at radius 2 is 1.84 bits per heavy atom.